The Hall–Kier alpha value is -1.36. The van der Waals surface area contributed by atoms with Crippen LogP contribution in [0.5, 0.6) is 5.75 Å². The minimum absolute atomic E-state index is 0.0333. The highest BCUT2D eigenvalue weighted by atomic mass is 32.1. The topological polar surface area (TPSA) is 41.5 Å². The highest BCUT2D eigenvalue weighted by molar-refractivity contribution is 7.12. The van der Waals surface area contributed by atoms with Gasteiger partial charge in [0, 0.05) is 27.9 Å². The molecule has 21 heavy (non-hydrogen) atoms. The molecule has 1 unspecified atom stereocenters. The van der Waals surface area contributed by atoms with Crippen LogP contribution in [-0.2, 0) is 6.54 Å². The summed E-state index contributed by atoms with van der Waals surface area (Å²) in [7, 11) is 0. The van der Waals surface area contributed by atoms with E-state index >= 15 is 0 Å². The fraction of sp³-hybridized carbons (Fsp3) is 0.412. The number of aryl methyl sites for hydroxylation is 2. The Labute approximate surface area is 130 Å². The van der Waals surface area contributed by atoms with Gasteiger partial charge in [-0.3, -0.25) is 0 Å². The third-order valence-electron chi connectivity index (χ3n) is 3.47. The second-order valence-electron chi connectivity index (χ2n) is 5.15. The largest absolute Gasteiger partial charge is 0.491 e. The molecular formula is C17H23NO2S. The van der Waals surface area contributed by atoms with Crippen LogP contribution in [0.25, 0.3) is 0 Å². The SMILES string of the molecule is Cc1cc(C(C)NCc2ccccc2OCCO)c(C)s1. The van der Waals surface area contributed by atoms with E-state index in [1.165, 1.54) is 15.3 Å². The molecule has 0 saturated heterocycles. The fourth-order valence-electron chi connectivity index (χ4n) is 2.40. The number of ether oxygens (including phenoxy) is 1. The molecule has 1 aromatic carbocycles. The van der Waals surface area contributed by atoms with Gasteiger partial charge in [0.2, 0.25) is 0 Å². The molecule has 2 aromatic rings. The number of aliphatic hydroxyl groups is 1. The van der Waals surface area contributed by atoms with E-state index in [0.717, 1.165) is 17.9 Å². The normalized spacial score (nSPS) is 12.4. The van der Waals surface area contributed by atoms with Gasteiger partial charge in [0.15, 0.2) is 0 Å². The second kappa shape index (κ2) is 7.59. The summed E-state index contributed by atoms with van der Waals surface area (Å²) in [6.45, 7) is 7.61. The zero-order valence-electron chi connectivity index (χ0n) is 12.8. The number of thiophene rings is 1. The maximum Gasteiger partial charge on any atom is 0.123 e. The van der Waals surface area contributed by atoms with Crippen molar-refractivity contribution in [3.63, 3.8) is 0 Å². The molecule has 2 N–H and O–H groups in total. The number of para-hydroxylation sites is 1. The van der Waals surface area contributed by atoms with E-state index in [1.807, 2.05) is 29.5 Å². The lowest BCUT2D eigenvalue weighted by molar-refractivity contribution is 0.200. The van der Waals surface area contributed by atoms with Crippen molar-refractivity contribution in [1.82, 2.24) is 5.32 Å². The molecule has 0 bridgehead atoms. The Morgan fingerprint density at radius 2 is 2.05 bits per heavy atom. The van der Waals surface area contributed by atoms with Gasteiger partial charge < -0.3 is 15.2 Å². The van der Waals surface area contributed by atoms with E-state index in [-0.39, 0.29) is 6.61 Å². The van der Waals surface area contributed by atoms with Crippen molar-refractivity contribution in [2.45, 2.75) is 33.4 Å². The molecule has 0 spiro atoms. The lowest BCUT2D eigenvalue weighted by atomic mass is 10.1. The number of rotatable bonds is 7. The second-order valence-corrected chi connectivity index (χ2v) is 6.61. The average Bonchev–Trinajstić information content (AvgIpc) is 2.82. The molecule has 0 radical (unpaired) electrons. The number of aliphatic hydroxyl groups excluding tert-OH is 1. The quantitative estimate of drug-likeness (QED) is 0.821. The summed E-state index contributed by atoms with van der Waals surface area (Å²) in [4.78, 5) is 2.72. The minimum atomic E-state index is 0.0333. The zero-order chi connectivity index (χ0) is 15.2. The summed E-state index contributed by atoms with van der Waals surface area (Å²) in [5.74, 6) is 0.837. The Balaban J connectivity index is 2.01. The smallest absolute Gasteiger partial charge is 0.123 e. The van der Waals surface area contributed by atoms with Gasteiger partial charge in [-0.05, 0) is 38.5 Å². The summed E-state index contributed by atoms with van der Waals surface area (Å²) in [6.07, 6.45) is 0. The Morgan fingerprint density at radius 3 is 2.71 bits per heavy atom. The molecule has 1 aromatic heterocycles. The van der Waals surface area contributed by atoms with Crippen LogP contribution in [-0.4, -0.2) is 18.3 Å². The molecule has 114 valence electrons. The monoisotopic (exact) mass is 305 g/mol. The molecule has 0 aliphatic heterocycles. The van der Waals surface area contributed by atoms with Crippen LogP contribution in [0.4, 0.5) is 0 Å². The predicted molar refractivity (Wildman–Crippen MR) is 88.1 cm³/mol. The highest BCUT2D eigenvalue weighted by Crippen LogP contribution is 2.27. The van der Waals surface area contributed by atoms with Crippen molar-refractivity contribution in [3.8, 4) is 5.75 Å². The summed E-state index contributed by atoms with van der Waals surface area (Å²) >= 11 is 1.84. The molecule has 0 amide bonds. The Bertz CT molecular complexity index is 580. The van der Waals surface area contributed by atoms with Crippen molar-refractivity contribution in [2.24, 2.45) is 0 Å². The lowest BCUT2D eigenvalue weighted by Crippen LogP contribution is -2.19. The third kappa shape index (κ3) is 4.30. The first kappa shape index (κ1) is 16.0. The summed E-state index contributed by atoms with van der Waals surface area (Å²) in [5, 5.41) is 12.4. The van der Waals surface area contributed by atoms with Gasteiger partial charge in [0.05, 0.1) is 6.61 Å². The maximum atomic E-state index is 8.88. The number of nitrogens with one attached hydrogen (secondary N) is 1. The number of benzene rings is 1. The van der Waals surface area contributed by atoms with Gasteiger partial charge in [-0.2, -0.15) is 0 Å². The molecule has 0 saturated carbocycles. The van der Waals surface area contributed by atoms with Crippen LogP contribution in [0.2, 0.25) is 0 Å². The van der Waals surface area contributed by atoms with Crippen LogP contribution >= 0.6 is 11.3 Å². The lowest BCUT2D eigenvalue weighted by Gasteiger charge is -2.16. The maximum absolute atomic E-state index is 8.88. The van der Waals surface area contributed by atoms with Crippen LogP contribution in [0, 0.1) is 13.8 Å². The van der Waals surface area contributed by atoms with Gasteiger partial charge >= 0.3 is 0 Å². The fourth-order valence-corrected chi connectivity index (χ4v) is 3.42. The number of hydrogen-bond donors (Lipinski definition) is 2. The van der Waals surface area contributed by atoms with Crippen molar-refractivity contribution in [3.05, 3.63) is 51.2 Å². The standard InChI is InChI=1S/C17H23NO2S/c1-12-10-16(14(3)21-12)13(2)18-11-15-6-4-5-7-17(15)20-9-8-19/h4-7,10,13,18-19H,8-9,11H2,1-3H3. The van der Waals surface area contributed by atoms with E-state index in [4.69, 9.17) is 9.84 Å². The molecule has 0 aliphatic rings. The van der Waals surface area contributed by atoms with Crippen LogP contribution in [0.3, 0.4) is 0 Å². The molecule has 1 atom stereocenters. The molecule has 2 rings (SSSR count). The highest BCUT2D eigenvalue weighted by Gasteiger charge is 2.11. The summed E-state index contributed by atoms with van der Waals surface area (Å²) < 4.78 is 5.56. The van der Waals surface area contributed by atoms with E-state index in [0.29, 0.717) is 12.6 Å². The third-order valence-corrected chi connectivity index (χ3v) is 4.45. The predicted octanol–water partition coefficient (Wildman–Crippen LogP) is 3.59. The van der Waals surface area contributed by atoms with Gasteiger partial charge in [0.25, 0.3) is 0 Å². The van der Waals surface area contributed by atoms with E-state index in [2.05, 4.69) is 38.2 Å². The zero-order valence-corrected chi connectivity index (χ0v) is 13.7. The molecule has 4 heteroatoms. The minimum Gasteiger partial charge on any atom is -0.491 e. The van der Waals surface area contributed by atoms with E-state index in [9.17, 15) is 0 Å². The van der Waals surface area contributed by atoms with Crippen LogP contribution < -0.4 is 10.1 Å². The number of hydrogen-bond acceptors (Lipinski definition) is 4. The van der Waals surface area contributed by atoms with Crippen LogP contribution in [0.1, 0.15) is 33.8 Å². The van der Waals surface area contributed by atoms with Crippen LogP contribution in [0.15, 0.2) is 30.3 Å². The summed E-state index contributed by atoms with van der Waals surface area (Å²) in [5.41, 5.74) is 2.48. The first-order valence-corrected chi connectivity index (χ1v) is 8.05. The van der Waals surface area contributed by atoms with E-state index in [1.54, 1.807) is 0 Å². The van der Waals surface area contributed by atoms with Gasteiger partial charge in [-0.1, -0.05) is 18.2 Å². The summed E-state index contributed by atoms with van der Waals surface area (Å²) in [6, 6.07) is 10.5. The molecule has 1 heterocycles. The Morgan fingerprint density at radius 1 is 1.29 bits per heavy atom. The molecule has 0 aliphatic carbocycles. The van der Waals surface area contributed by atoms with Gasteiger partial charge in [0.1, 0.15) is 12.4 Å². The first-order chi connectivity index (χ1) is 10.1. The van der Waals surface area contributed by atoms with Crippen molar-refractivity contribution < 1.29 is 9.84 Å². The van der Waals surface area contributed by atoms with Crippen molar-refractivity contribution >= 4 is 11.3 Å². The van der Waals surface area contributed by atoms with Crippen molar-refractivity contribution in [1.29, 1.82) is 0 Å². The molecular weight excluding hydrogens is 282 g/mol. The first-order valence-electron chi connectivity index (χ1n) is 7.23. The van der Waals surface area contributed by atoms with Crippen molar-refractivity contribution in [2.75, 3.05) is 13.2 Å². The average molecular weight is 305 g/mol. The molecule has 0 fully saturated rings. The van der Waals surface area contributed by atoms with Gasteiger partial charge in [-0.25, -0.2) is 0 Å². The molecule has 3 nitrogen and oxygen atoms in total. The van der Waals surface area contributed by atoms with Gasteiger partial charge in [-0.15, -0.1) is 11.3 Å². The Kier molecular flexibility index (Phi) is 5.79. The van der Waals surface area contributed by atoms with E-state index < -0.39 is 0 Å².